The standard InChI is InChI=1S/C20H38/c1-11(2)17-15-9-10-16(18(17)12(3)4)20(14(7)8)19(15)13(5)6/h11-20H,9-10H2,1-8H3. The Bertz CT molecular complexity index is 252. The Morgan fingerprint density at radius 3 is 0.800 bits per heavy atom. The summed E-state index contributed by atoms with van der Waals surface area (Å²) >= 11 is 0. The first kappa shape index (κ1) is 16.4. The molecule has 0 N–H and O–H groups in total. The fraction of sp³-hybridized carbons (Fsp3) is 1.00. The highest BCUT2D eigenvalue weighted by atomic mass is 14.6. The van der Waals surface area contributed by atoms with E-state index in [9.17, 15) is 0 Å². The van der Waals surface area contributed by atoms with Crippen molar-refractivity contribution in [2.24, 2.45) is 59.2 Å². The molecule has 4 atom stereocenters. The van der Waals surface area contributed by atoms with E-state index in [-0.39, 0.29) is 0 Å². The van der Waals surface area contributed by atoms with E-state index in [0.29, 0.717) is 0 Å². The molecule has 0 amide bonds. The van der Waals surface area contributed by atoms with Crippen molar-refractivity contribution in [1.82, 2.24) is 0 Å². The van der Waals surface area contributed by atoms with Crippen LogP contribution in [0.25, 0.3) is 0 Å². The van der Waals surface area contributed by atoms with Crippen molar-refractivity contribution in [2.75, 3.05) is 0 Å². The number of hydrogen-bond acceptors (Lipinski definition) is 0. The van der Waals surface area contributed by atoms with Gasteiger partial charge in [0.1, 0.15) is 0 Å². The van der Waals surface area contributed by atoms with E-state index in [1.807, 2.05) is 0 Å². The minimum absolute atomic E-state index is 0.865. The van der Waals surface area contributed by atoms with Crippen molar-refractivity contribution in [1.29, 1.82) is 0 Å². The Kier molecular flexibility index (Phi) is 4.92. The van der Waals surface area contributed by atoms with Crippen LogP contribution in [0.3, 0.4) is 0 Å². The fourth-order valence-electron chi connectivity index (χ4n) is 6.56. The monoisotopic (exact) mass is 278 g/mol. The molecular formula is C20H38. The molecule has 4 unspecified atom stereocenters. The lowest BCUT2D eigenvalue weighted by atomic mass is 9.43. The first-order chi connectivity index (χ1) is 9.27. The van der Waals surface area contributed by atoms with Gasteiger partial charge in [-0.25, -0.2) is 0 Å². The van der Waals surface area contributed by atoms with Crippen molar-refractivity contribution in [3.05, 3.63) is 0 Å². The highest BCUT2D eigenvalue weighted by Crippen LogP contribution is 2.61. The van der Waals surface area contributed by atoms with Gasteiger partial charge in [0.2, 0.25) is 0 Å². The number of fused-ring (bicyclic) bond motifs is 3. The molecule has 3 aliphatic carbocycles. The second-order valence-corrected chi connectivity index (χ2v) is 9.19. The smallest absolute Gasteiger partial charge is 0.0326 e. The maximum absolute atomic E-state index is 2.49. The van der Waals surface area contributed by atoms with Gasteiger partial charge in [0.05, 0.1) is 0 Å². The highest BCUT2D eigenvalue weighted by molar-refractivity contribution is 5.04. The Labute approximate surface area is 128 Å². The molecule has 0 aromatic heterocycles. The zero-order valence-corrected chi connectivity index (χ0v) is 15.2. The van der Waals surface area contributed by atoms with E-state index in [2.05, 4.69) is 55.4 Å². The molecule has 0 nitrogen and oxygen atoms in total. The molecule has 0 aromatic carbocycles. The third-order valence-corrected chi connectivity index (χ3v) is 6.78. The van der Waals surface area contributed by atoms with Crippen LogP contribution in [0.15, 0.2) is 0 Å². The molecule has 0 heterocycles. The van der Waals surface area contributed by atoms with E-state index < -0.39 is 0 Å². The van der Waals surface area contributed by atoms with Gasteiger partial charge in [-0.2, -0.15) is 0 Å². The Balaban J connectivity index is 2.41. The Morgan fingerprint density at radius 2 is 0.650 bits per heavy atom. The quantitative estimate of drug-likeness (QED) is 0.581. The van der Waals surface area contributed by atoms with Crippen molar-refractivity contribution in [2.45, 2.75) is 68.2 Å². The Morgan fingerprint density at radius 1 is 0.450 bits per heavy atom. The van der Waals surface area contributed by atoms with Crippen LogP contribution in [0.4, 0.5) is 0 Å². The maximum atomic E-state index is 2.49. The lowest BCUT2D eigenvalue weighted by Crippen LogP contribution is -2.56. The normalized spacial score (nSPS) is 41.4. The molecule has 118 valence electrons. The van der Waals surface area contributed by atoms with E-state index in [1.165, 1.54) is 12.8 Å². The van der Waals surface area contributed by atoms with E-state index in [0.717, 1.165) is 59.2 Å². The molecular weight excluding hydrogens is 240 g/mol. The number of hydrogen-bond donors (Lipinski definition) is 0. The lowest BCUT2D eigenvalue weighted by molar-refractivity contribution is -0.136. The predicted octanol–water partition coefficient (Wildman–Crippen LogP) is 6.12. The van der Waals surface area contributed by atoms with E-state index >= 15 is 0 Å². The van der Waals surface area contributed by atoms with Gasteiger partial charge in [-0.3, -0.25) is 0 Å². The Hall–Kier alpha value is 0. The van der Waals surface area contributed by atoms with Crippen LogP contribution in [-0.4, -0.2) is 0 Å². The van der Waals surface area contributed by atoms with Gasteiger partial charge < -0.3 is 0 Å². The largest absolute Gasteiger partial charge is 0.0625 e. The van der Waals surface area contributed by atoms with Crippen LogP contribution in [-0.2, 0) is 0 Å². The molecule has 0 aromatic rings. The van der Waals surface area contributed by atoms with Gasteiger partial charge >= 0.3 is 0 Å². The van der Waals surface area contributed by atoms with Gasteiger partial charge in [0, 0.05) is 0 Å². The molecule has 0 radical (unpaired) electrons. The molecule has 0 aliphatic heterocycles. The summed E-state index contributed by atoms with van der Waals surface area (Å²) in [6.07, 6.45) is 3.03. The molecule has 3 saturated carbocycles. The number of rotatable bonds is 4. The summed E-state index contributed by atoms with van der Waals surface area (Å²) in [5.41, 5.74) is 0. The molecule has 20 heavy (non-hydrogen) atoms. The van der Waals surface area contributed by atoms with E-state index in [1.54, 1.807) is 0 Å². The fourth-order valence-corrected chi connectivity index (χ4v) is 6.56. The van der Waals surface area contributed by atoms with Crippen LogP contribution in [0.2, 0.25) is 0 Å². The summed E-state index contributed by atoms with van der Waals surface area (Å²) in [6.45, 7) is 19.9. The zero-order valence-electron chi connectivity index (χ0n) is 15.2. The van der Waals surface area contributed by atoms with Crippen molar-refractivity contribution in [3.63, 3.8) is 0 Å². The summed E-state index contributed by atoms with van der Waals surface area (Å²) < 4.78 is 0. The predicted molar refractivity (Wildman–Crippen MR) is 89.5 cm³/mol. The first-order valence-electron chi connectivity index (χ1n) is 9.27. The molecule has 3 fully saturated rings. The summed E-state index contributed by atoms with van der Waals surface area (Å²) in [5, 5.41) is 0. The van der Waals surface area contributed by atoms with Crippen molar-refractivity contribution >= 4 is 0 Å². The summed E-state index contributed by atoms with van der Waals surface area (Å²) in [4.78, 5) is 0. The SMILES string of the molecule is CC(C)C1C2CCC(C1C(C)C)C(C(C)C)C2C(C)C. The van der Waals surface area contributed by atoms with Crippen LogP contribution in [0, 0.1) is 59.2 Å². The molecule has 0 heteroatoms. The van der Waals surface area contributed by atoms with E-state index in [4.69, 9.17) is 0 Å². The third-order valence-electron chi connectivity index (χ3n) is 6.78. The average Bonchev–Trinajstić information content (AvgIpc) is 2.36. The summed E-state index contributed by atoms with van der Waals surface area (Å²) in [5.74, 6) is 9.39. The van der Waals surface area contributed by atoms with Crippen LogP contribution >= 0.6 is 0 Å². The van der Waals surface area contributed by atoms with Crippen LogP contribution in [0.5, 0.6) is 0 Å². The van der Waals surface area contributed by atoms with Crippen molar-refractivity contribution < 1.29 is 0 Å². The van der Waals surface area contributed by atoms with Gasteiger partial charge in [-0.15, -0.1) is 0 Å². The third kappa shape index (κ3) is 2.57. The minimum atomic E-state index is 0.865. The lowest BCUT2D eigenvalue weighted by Gasteiger charge is -2.62. The topological polar surface area (TPSA) is 0 Å². The second-order valence-electron chi connectivity index (χ2n) is 9.19. The van der Waals surface area contributed by atoms with Gasteiger partial charge in [-0.1, -0.05) is 55.4 Å². The maximum Gasteiger partial charge on any atom is -0.0326 e. The first-order valence-corrected chi connectivity index (χ1v) is 9.27. The summed E-state index contributed by atoms with van der Waals surface area (Å²) in [6, 6.07) is 0. The zero-order chi connectivity index (χ0) is 15.2. The second kappa shape index (κ2) is 6.01. The van der Waals surface area contributed by atoms with Crippen molar-refractivity contribution in [3.8, 4) is 0 Å². The minimum Gasteiger partial charge on any atom is -0.0625 e. The molecule has 0 spiro atoms. The molecule has 3 aliphatic rings. The molecule has 2 bridgehead atoms. The highest BCUT2D eigenvalue weighted by Gasteiger charge is 2.55. The van der Waals surface area contributed by atoms with Gasteiger partial charge in [0.15, 0.2) is 0 Å². The summed E-state index contributed by atoms with van der Waals surface area (Å²) in [7, 11) is 0. The molecule has 0 saturated heterocycles. The average molecular weight is 279 g/mol. The van der Waals surface area contributed by atoms with Crippen LogP contribution < -0.4 is 0 Å². The van der Waals surface area contributed by atoms with Gasteiger partial charge in [0.25, 0.3) is 0 Å². The van der Waals surface area contributed by atoms with Gasteiger partial charge in [-0.05, 0) is 72.0 Å². The molecule has 3 rings (SSSR count). The van der Waals surface area contributed by atoms with Crippen LogP contribution in [0.1, 0.15) is 68.2 Å².